The molecule has 1 saturated carbocycles. The molecule has 0 bridgehead atoms. The van der Waals surface area contributed by atoms with Crippen molar-refractivity contribution in [3.8, 4) is 0 Å². The number of para-hydroxylation sites is 1. The molecule has 1 fully saturated rings. The minimum Gasteiger partial charge on any atom is -0.321 e. The smallest absolute Gasteiger partial charge is 0.256 e. The van der Waals surface area contributed by atoms with Crippen LogP contribution in [0, 0.1) is 5.92 Å². The molecule has 1 aromatic carbocycles. The number of fused-ring (bicyclic) bond motifs is 1. The molecule has 14 heavy (non-hydrogen) atoms. The zero-order chi connectivity index (χ0) is 9.54. The predicted octanol–water partition coefficient (Wildman–Crippen LogP) is 2.43. The van der Waals surface area contributed by atoms with Crippen molar-refractivity contribution >= 4 is 17.2 Å². The molecule has 2 heteroatoms. The summed E-state index contributed by atoms with van der Waals surface area (Å²) >= 11 is 0. The zero-order valence-corrected chi connectivity index (χ0v) is 7.79. The Morgan fingerprint density at radius 1 is 1.29 bits per heavy atom. The van der Waals surface area contributed by atoms with E-state index in [1.165, 1.54) is 12.8 Å². The maximum atomic E-state index is 11.6. The van der Waals surface area contributed by atoms with Gasteiger partial charge in [-0.3, -0.25) is 4.79 Å². The number of hydrogen-bond donors (Lipinski definition) is 1. The van der Waals surface area contributed by atoms with E-state index in [4.69, 9.17) is 0 Å². The quantitative estimate of drug-likeness (QED) is 0.669. The Hall–Kier alpha value is -1.57. The van der Waals surface area contributed by atoms with E-state index in [0.717, 1.165) is 16.8 Å². The number of carbonyl (C=O) groups excluding carboxylic acids is 1. The summed E-state index contributed by atoms with van der Waals surface area (Å²) < 4.78 is 0. The minimum absolute atomic E-state index is 0.0538. The Bertz CT molecular complexity index is 430. The van der Waals surface area contributed by atoms with Gasteiger partial charge in [0.1, 0.15) is 0 Å². The van der Waals surface area contributed by atoms with Gasteiger partial charge in [-0.1, -0.05) is 24.3 Å². The highest BCUT2D eigenvalue weighted by molar-refractivity contribution is 6.31. The van der Waals surface area contributed by atoms with E-state index >= 15 is 0 Å². The second-order valence-electron chi connectivity index (χ2n) is 3.92. The molecular formula is C12H11NO. The Labute approximate surface area is 82.6 Å². The van der Waals surface area contributed by atoms with E-state index in [1.807, 2.05) is 24.3 Å². The van der Waals surface area contributed by atoms with Gasteiger partial charge in [-0.25, -0.2) is 0 Å². The third-order valence-electron chi connectivity index (χ3n) is 2.73. The number of anilines is 1. The van der Waals surface area contributed by atoms with Gasteiger partial charge in [0.2, 0.25) is 0 Å². The maximum absolute atomic E-state index is 11.6. The molecule has 0 aromatic heterocycles. The van der Waals surface area contributed by atoms with Crippen molar-refractivity contribution in [2.75, 3.05) is 5.32 Å². The van der Waals surface area contributed by atoms with Crippen LogP contribution in [0.4, 0.5) is 5.69 Å². The lowest BCUT2D eigenvalue weighted by Crippen LogP contribution is -2.03. The predicted molar refractivity (Wildman–Crippen MR) is 55.8 cm³/mol. The Morgan fingerprint density at radius 2 is 2.07 bits per heavy atom. The summed E-state index contributed by atoms with van der Waals surface area (Å²) in [6.45, 7) is 0. The summed E-state index contributed by atoms with van der Waals surface area (Å²) in [7, 11) is 0. The lowest BCUT2D eigenvalue weighted by Gasteiger charge is -1.95. The molecule has 1 amide bonds. The molecule has 0 unspecified atom stereocenters. The Balaban J connectivity index is 2.09. The third kappa shape index (κ3) is 1.15. The van der Waals surface area contributed by atoms with Gasteiger partial charge in [0.15, 0.2) is 0 Å². The van der Waals surface area contributed by atoms with Crippen LogP contribution in [-0.2, 0) is 4.79 Å². The van der Waals surface area contributed by atoms with Gasteiger partial charge in [-0.2, -0.15) is 0 Å². The number of carbonyl (C=O) groups is 1. The van der Waals surface area contributed by atoms with Crippen molar-refractivity contribution in [1.82, 2.24) is 0 Å². The highest BCUT2D eigenvalue weighted by atomic mass is 16.2. The van der Waals surface area contributed by atoms with Crippen molar-refractivity contribution in [2.24, 2.45) is 5.92 Å². The Kier molecular flexibility index (Phi) is 1.51. The molecule has 0 atom stereocenters. The third-order valence-corrected chi connectivity index (χ3v) is 2.73. The molecule has 1 heterocycles. The van der Waals surface area contributed by atoms with Crippen LogP contribution in [0.3, 0.4) is 0 Å². The average Bonchev–Trinajstić information content (AvgIpc) is 2.93. The number of rotatable bonds is 1. The van der Waals surface area contributed by atoms with Gasteiger partial charge in [-0.05, 0) is 24.8 Å². The molecule has 1 N–H and O–H groups in total. The number of amides is 1. The monoisotopic (exact) mass is 185 g/mol. The molecule has 70 valence electrons. The van der Waals surface area contributed by atoms with Crippen LogP contribution in [0.15, 0.2) is 30.3 Å². The van der Waals surface area contributed by atoms with Gasteiger partial charge in [0, 0.05) is 16.8 Å². The summed E-state index contributed by atoms with van der Waals surface area (Å²) in [6, 6.07) is 7.86. The van der Waals surface area contributed by atoms with Gasteiger partial charge < -0.3 is 5.32 Å². The fourth-order valence-electron chi connectivity index (χ4n) is 1.80. The summed E-state index contributed by atoms with van der Waals surface area (Å²) in [5.74, 6) is 0.694. The van der Waals surface area contributed by atoms with Gasteiger partial charge >= 0.3 is 0 Å². The second-order valence-corrected chi connectivity index (χ2v) is 3.92. The molecule has 0 spiro atoms. The van der Waals surface area contributed by atoms with E-state index in [1.54, 1.807) is 0 Å². The van der Waals surface area contributed by atoms with Gasteiger partial charge in [0.25, 0.3) is 5.91 Å². The first-order valence-electron chi connectivity index (χ1n) is 4.97. The summed E-state index contributed by atoms with van der Waals surface area (Å²) in [5, 5.41) is 2.87. The molecule has 1 aliphatic heterocycles. The molecule has 2 nitrogen and oxygen atoms in total. The summed E-state index contributed by atoms with van der Waals surface area (Å²) in [6.07, 6.45) is 4.58. The van der Waals surface area contributed by atoms with Crippen LogP contribution in [0.2, 0.25) is 0 Å². The average molecular weight is 185 g/mol. The Morgan fingerprint density at radius 3 is 2.86 bits per heavy atom. The number of hydrogen-bond acceptors (Lipinski definition) is 1. The van der Waals surface area contributed by atoms with Crippen LogP contribution in [0.25, 0.3) is 5.57 Å². The normalized spacial score (nSPS) is 22.3. The number of allylic oxidation sites excluding steroid dienone is 1. The fraction of sp³-hybridized carbons (Fsp3) is 0.250. The van der Waals surface area contributed by atoms with Crippen molar-refractivity contribution in [2.45, 2.75) is 12.8 Å². The zero-order valence-electron chi connectivity index (χ0n) is 7.79. The van der Waals surface area contributed by atoms with Crippen LogP contribution >= 0.6 is 0 Å². The highest BCUT2D eigenvalue weighted by Gasteiger charge is 2.27. The molecule has 3 rings (SSSR count). The van der Waals surface area contributed by atoms with E-state index in [2.05, 4.69) is 11.4 Å². The van der Waals surface area contributed by atoms with Crippen LogP contribution in [-0.4, -0.2) is 5.91 Å². The van der Waals surface area contributed by atoms with Crippen molar-refractivity contribution in [3.63, 3.8) is 0 Å². The lowest BCUT2D eigenvalue weighted by molar-refractivity contribution is -0.110. The lowest BCUT2D eigenvalue weighted by atomic mass is 10.1. The highest BCUT2D eigenvalue weighted by Crippen LogP contribution is 2.37. The first-order chi connectivity index (χ1) is 6.84. The summed E-state index contributed by atoms with van der Waals surface area (Å²) in [5.41, 5.74) is 2.87. The SMILES string of the molecule is O=C1Nc2ccccc2C1=CC1CC1. The molecular weight excluding hydrogens is 174 g/mol. The topological polar surface area (TPSA) is 29.1 Å². The first-order valence-corrected chi connectivity index (χ1v) is 4.97. The standard InChI is InChI=1S/C12H11NO/c14-12-10(7-8-5-6-8)9-3-1-2-4-11(9)13-12/h1-4,7-8H,5-6H2,(H,13,14). The molecule has 2 aliphatic rings. The van der Waals surface area contributed by atoms with Crippen LogP contribution < -0.4 is 5.32 Å². The fourth-order valence-corrected chi connectivity index (χ4v) is 1.80. The van der Waals surface area contributed by atoms with Gasteiger partial charge in [0.05, 0.1) is 0 Å². The van der Waals surface area contributed by atoms with E-state index in [-0.39, 0.29) is 5.91 Å². The largest absolute Gasteiger partial charge is 0.321 e. The second kappa shape index (κ2) is 2.71. The van der Waals surface area contributed by atoms with Crippen LogP contribution in [0.5, 0.6) is 0 Å². The van der Waals surface area contributed by atoms with E-state index in [0.29, 0.717) is 5.92 Å². The van der Waals surface area contributed by atoms with E-state index in [9.17, 15) is 4.79 Å². The molecule has 0 saturated heterocycles. The number of nitrogens with one attached hydrogen (secondary N) is 1. The number of benzene rings is 1. The molecule has 1 aromatic rings. The van der Waals surface area contributed by atoms with Crippen molar-refractivity contribution < 1.29 is 4.79 Å². The molecule has 1 aliphatic carbocycles. The van der Waals surface area contributed by atoms with Crippen LogP contribution in [0.1, 0.15) is 18.4 Å². The molecule has 0 radical (unpaired) electrons. The summed E-state index contributed by atoms with van der Waals surface area (Å²) in [4.78, 5) is 11.6. The minimum atomic E-state index is 0.0538. The van der Waals surface area contributed by atoms with Crippen molar-refractivity contribution in [1.29, 1.82) is 0 Å². The van der Waals surface area contributed by atoms with Crippen molar-refractivity contribution in [3.05, 3.63) is 35.9 Å². The van der Waals surface area contributed by atoms with Gasteiger partial charge in [-0.15, -0.1) is 0 Å². The maximum Gasteiger partial charge on any atom is 0.256 e. The van der Waals surface area contributed by atoms with E-state index < -0.39 is 0 Å². The first kappa shape index (κ1) is 7.80.